The minimum atomic E-state index is -4.54. The summed E-state index contributed by atoms with van der Waals surface area (Å²) < 4.78 is 42.1. The molecule has 5 nitrogen and oxygen atoms in total. The summed E-state index contributed by atoms with van der Waals surface area (Å²) in [5.74, 6) is -0.672. The highest BCUT2D eigenvalue weighted by Crippen LogP contribution is 2.46. The number of nitrogens with one attached hydrogen (secondary N) is 2. The maximum absolute atomic E-state index is 13.8. The number of amides is 1. The Balaban J connectivity index is 1.69. The van der Waals surface area contributed by atoms with E-state index in [0.717, 1.165) is 20.7 Å². The van der Waals surface area contributed by atoms with Crippen LogP contribution in [0.5, 0.6) is 0 Å². The number of carbonyl (C=O) groups excluding carboxylic acids is 1. The third kappa shape index (κ3) is 3.79. The molecule has 0 bridgehead atoms. The van der Waals surface area contributed by atoms with Gasteiger partial charge in [0.2, 0.25) is 0 Å². The van der Waals surface area contributed by atoms with Gasteiger partial charge in [0.05, 0.1) is 6.04 Å². The van der Waals surface area contributed by atoms with Crippen molar-refractivity contribution in [1.29, 1.82) is 0 Å². The number of halogens is 4. The summed E-state index contributed by atoms with van der Waals surface area (Å²) in [5, 5.41) is 11.3. The number of hydrogen-bond acceptors (Lipinski definition) is 4. The van der Waals surface area contributed by atoms with Crippen molar-refractivity contribution in [2.75, 3.05) is 10.6 Å². The Morgan fingerprint density at radius 2 is 2.07 bits per heavy atom. The van der Waals surface area contributed by atoms with Crippen molar-refractivity contribution in [2.45, 2.75) is 38.5 Å². The fourth-order valence-corrected chi connectivity index (χ4v) is 4.48. The van der Waals surface area contributed by atoms with Crippen molar-refractivity contribution >= 4 is 40.4 Å². The molecule has 3 heterocycles. The Bertz CT molecular complexity index is 1090. The first kappa shape index (κ1) is 20.7. The molecule has 1 amide bonds. The maximum atomic E-state index is 13.8. The normalized spacial score (nSPS) is 18.6. The Morgan fingerprint density at radius 3 is 2.70 bits per heavy atom. The fraction of sp³-hybridized carbons (Fsp3) is 0.300. The third-order valence-corrected chi connectivity index (χ3v) is 6.51. The van der Waals surface area contributed by atoms with E-state index in [1.165, 1.54) is 11.3 Å². The topological polar surface area (TPSA) is 59.0 Å². The van der Waals surface area contributed by atoms with Gasteiger partial charge in [0, 0.05) is 17.0 Å². The van der Waals surface area contributed by atoms with Crippen molar-refractivity contribution < 1.29 is 18.0 Å². The number of aryl methyl sites for hydroxylation is 2. The molecule has 0 unspecified atom stereocenters. The summed E-state index contributed by atoms with van der Waals surface area (Å²) in [5.41, 5.74) is 2.29. The molecule has 3 aromatic rings. The lowest BCUT2D eigenvalue weighted by Gasteiger charge is -2.32. The van der Waals surface area contributed by atoms with Crippen LogP contribution in [0.4, 0.5) is 24.7 Å². The minimum Gasteiger partial charge on any atom is -0.361 e. The van der Waals surface area contributed by atoms with Gasteiger partial charge in [-0.15, -0.1) is 11.3 Å². The Morgan fingerprint density at radius 1 is 1.30 bits per heavy atom. The van der Waals surface area contributed by atoms with E-state index in [4.69, 9.17) is 11.6 Å². The second-order valence-electron chi connectivity index (χ2n) is 7.21. The molecule has 0 saturated heterocycles. The summed E-state index contributed by atoms with van der Waals surface area (Å²) in [6.45, 7) is 3.84. The lowest BCUT2D eigenvalue weighted by molar-refractivity contribution is -0.173. The molecule has 0 saturated carbocycles. The van der Waals surface area contributed by atoms with E-state index in [2.05, 4.69) is 15.7 Å². The number of anilines is 2. The first-order valence-corrected chi connectivity index (χ1v) is 10.4. The molecule has 2 N–H and O–H groups in total. The lowest BCUT2D eigenvalue weighted by Crippen LogP contribution is -2.35. The maximum Gasteiger partial charge on any atom is 0.410 e. The van der Waals surface area contributed by atoms with Gasteiger partial charge in [-0.05, 0) is 48.6 Å². The minimum absolute atomic E-state index is 0.00567. The predicted molar refractivity (Wildman–Crippen MR) is 111 cm³/mol. The van der Waals surface area contributed by atoms with Crippen LogP contribution >= 0.6 is 22.9 Å². The number of rotatable bonds is 3. The molecule has 4 rings (SSSR count). The van der Waals surface area contributed by atoms with E-state index in [1.54, 1.807) is 29.6 Å². The van der Waals surface area contributed by atoms with E-state index in [-0.39, 0.29) is 23.0 Å². The lowest BCUT2D eigenvalue weighted by atomic mass is 10.0. The van der Waals surface area contributed by atoms with Gasteiger partial charge in [-0.25, -0.2) is 4.68 Å². The predicted octanol–water partition coefficient (Wildman–Crippen LogP) is 6.13. The Hall–Kier alpha value is -2.52. The summed E-state index contributed by atoms with van der Waals surface area (Å²) in [4.78, 5) is 13.5. The number of nitrogens with zero attached hydrogens (tertiary/aromatic N) is 2. The van der Waals surface area contributed by atoms with Crippen molar-refractivity contribution in [3.63, 3.8) is 0 Å². The Labute approximate surface area is 179 Å². The van der Waals surface area contributed by atoms with E-state index in [0.29, 0.717) is 5.69 Å². The van der Waals surface area contributed by atoms with Crippen LogP contribution in [0.15, 0.2) is 35.7 Å². The molecule has 0 fully saturated rings. The van der Waals surface area contributed by atoms with Crippen LogP contribution < -0.4 is 10.6 Å². The third-order valence-electron chi connectivity index (χ3n) is 5.16. The second-order valence-corrected chi connectivity index (χ2v) is 8.57. The van der Waals surface area contributed by atoms with Crippen molar-refractivity contribution in [3.05, 3.63) is 62.4 Å². The van der Waals surface area contributed by atoms with E-state index >= 15 is 0 Å². The molecular formula is C20H18ClF3N4OS. The molecule has 1 aromatic carbocycles. The Kier molecular flexibility index (Phi) is 5.27. The first-order valence-electron chi connectivity index (χ1n) is 9.18. The van der Waals surface area contributed by atoms with Crippen LogP contribution in [0.2, 0.25) is 5.02 Å². The van der Waals surface area contributed by atoms with Crippen molar-refractivity contribution in [3.8, 4) is 0 Å². The number of fused-ring (bicyclic) bond motifs is 1. The number of hydrogen-bond donors (Lipinski definition) is 2. The van der Waals surface area contributed by atoms with E-state index in [9.17, 15) is 18.0 Å². The van der Waals surface area contributed by atoms with E-state index < -0.39 is 24.2 Å². The van der Waals surface area contributed by atoms with Gasteiger partial charge in [0.15, 0.2) is 11.7 Å². The first-order chi connectivity index (χ1) is 14.1. The average molecular weight is 455 g/mol. The number of benzene rings is 1. The van der Waals surface area contributed by atoms with Gasteiger partial charge in [-0.1, -0.05) is 23.7 Å². The van der Waals surface area contributed by atoms with Crippen LogP contribution in [0.3, 0.4) is 0 Å². The summed E-state index contributed by atoms with van der Waals surface area (Å²) >= 11 is 7.69. The van der Waals surface area contributed by atoms with Crippen molar-refractivity contribution in [1.82, 2.24) is 9.78 Å². The van der Waals surface area contributed by atoms with Gasteiger partial charge in [0.25, 0.3) is 5.91 Å². The molecule has 1 aliphatic heterocycles. The molecule has 2 atom stereocenters. The van der Waals surface area contributed by atoms with Crippen LogP contribution in [-0.2, 0) is 0 Å². The van der Waals surface area contributed by atoms with Crippen LogP contribution in [0, 0.1) is 13.8 Å². The standard InChI is InChI=1S/C20H18ClF3N4OS/c1-10-5-6-12(8-11(10)2)25-19(29)17-16(21)18-26-13(14-4-3-7-30-14)9-15(20(22,23)24)28(18)27-17/h3-8,13,15,26H,9H2,1-2H3,(H,25,29)/t13-,15+/m1/s1. The number of thiophene rings is 1. The highest BCUT2D eigenvalue weighted by molar-refractivity contribution is 7.10. The zero-order valence-electron chi connectivity index (χ0n) is 16.0. The molecule has 0 spiro atoms. The zero-order valence-corrected chi connectivity index (χ0v) is 17.6. The number of alkyl halides is 3. The highest BCUT2D eigenvalue weighted by atomic mass is 35.5. The zero-order chi connectivity index (χ0) is 21.6. The fourth-order valence-electron chi connectivity index (χ4n) is 3.42. The number of aromatic nitrogens is 2. The van der Waals surface area contributed by atoms with Gasteiger partial charge < -0.3 is 10.6 Å². The molecule has 30 heavy (non-hydrogen) atoms. The summed E-state index contributed by atoms with van der Waals surface area (Å²) in [6.07, 6.45) is -4.78. The summed E-state index contributed by atoms with van der Waals surface area (Å²) in [7, 11) is 0. The number of carbonyl (C=O) groups is 1. The van der Waals surface area contributed by atoms with Crippen LogP contribution in [0.1, 0.15) is 45.0 Å². The molecule has 2 aromatic heterocycles. The molecule has 0 aliphatic carbocycles. The average Bonchev–Trinajstić information content (AvgIpc) is 3.32. The molecular weight excluding hydrogens is 437 g/mol. The monoisotopic (exact) mass is 454 g/mol. The smallest absolute Gasteiger partial charge is 0.361 e. The van der Waals surface area contributed by atoms with Crippen LogP contribution in [0.25, 0.3) is 0 Å². The van der Waals surface area contributed by atoms with Gasteiger partial charge in [-0.3, -0.25) is 4.79 Å². The quantitative estimate of drug-likeness (QED) is 0.500. The van der Waals surface area contributed by atoms with Crippen LogP contribution in [-0.4, -0.2) is 21.9 Å². The molecule has 0 radical (unpaired) electrons. The van der Waals surface area contributed by atoms with Gasteiger partial charge >= 0.3 is 6.18 Å². The molecule has 1 aliphatic rings. The molecule has 158 valence electrons. The second kappa shape index (κ2) is 7.63. The largest absolute Gasteiger partial charge is 0.410 e. The van der Waals surface area contributed by atoms with Gasteiger partial charge in [0.1, 0.15) is 10.8 Å². The summed E-state index contributed by atoms with van der Waals surface area (Å²) in [6, 6.07) is 6.42. The van der Waals surface area contributed by atoms with Crippen molar-refractivity contribution in [2.24, 2.45) is 0 Å². The SMILES string of the molecule is Cc1ccc(NC(=O)c2nn3c(c2Cl)N[C@@H](c2cccs2)C[C@H]3C(F)(F)F)cc1C. The highest BCUT2D eigenvalue weighted by Gasteiger charge is 2.48. The molecule has 10 heteroatoms. The van der Waals surface area contributed by atoms with Gasteiger partial charge in [-0.2, -0.15) is 18.3 Å². The van der Waals surface area contributed by atoms with E-state index in [1.807, 2.05) is 19.9 Å².